The summed E-state index contributed by atoms with van der Waals surface area (Å²) in [5, 5.41) is 5.09. The van der Waals surface area contributed by atoms with Gasteiger partial charge in [0.25, 0.3) is 0 Å². The fourth-order valence-electron chi connectivity index (χ4n) is 6.58. The highest BCUT2D eigenvalue weighted by molar-refractivity contribution is 6.21. The number of hydrogen-bond donors (Lipinski definition) is 0. The Hall–Kier alpha value is -5.92. The van der Waals surface area contributed by atoms with Crippen molar-refractivity contribution < 1.29 is 0 Å². The highest BCUT2D eigenvalue weighted by atomic mass is 15.1. The fourth-order valence-corrected chi connectivity index (χ4v) is 6.58. The van der Waals surface area contributed by atoms with Crippen molar-refractivity contribution in [2.45, 2.75) is 0 Å². The monoisotopic (exact) mass is 573 g/mol. The van der Waals surface area contributed by atoms with Crippen molar-refractivity contribution in [2.75, 3.05) is 4.90 Å². The van der Waals surface area contributed by atoms with E-state index in [-0.39, 0.29) is 0 Å². The average Bonchev–Trinajstić information content (AvgIpc) is 3.13. The molecule has 212 valence electrons. The summed E-state index contributed by atoms with van der Waals surface area (Å²) in [5.41, 5.74) is 10.7. The molecule has 0 bridgehead atoms. The molecule has 0 amide bonds. The van der Waals surface area contributed by atoms with E-state index < -0.39 is 0 Å². The third-order valence-corrected chi connectivity index (χ3v) is 8.66. The molecule has 0 unspecified atom stereocenters. The van der Waals surface area contributed by atoms with Gasteiger partial charge in [0, 0.05) is 17.1 Å². The summed E-state index contributed by atoms with van der Waals surface area (Å²) in [6.45, 7) is 0. The van der Waals surface area contributed by atoms with Gasteiger partial charge >= 0.3 is 0 Å². The smallest absolute Gasteiger partial charge is 0.0462 e. The Morgan fingerprint density at radius 2 is 0.533 bits per heavy atom. The van der Waals surface area contributed by atoms with Crippen LogP contribution in [0.15, 0.2) is 188 Å². The van der Waals surface area contributed by atoms with Crippen molar-refractivity contribution >= 4 is 38.6 Å². The Morgan fingerprint density at radius 3 is 1.02 bits per heavy atom. The van der Waals surface area contributed by atoms with Crippen molar-refractivity contribution in [3.05, 3.63) is 188 Å². The third-order valence-electron chi connectivity index (χ3n) is 8.66. The molecule has 0 aliphatic heterocycles. The van der Waals surface area contributed by atoms with Gasteiger partial charge in [0.15, 0.2) is 0 Å². The van der Waals surface area contributed by atoms with Gasteiger partial charge in [-0.3, -0.25) is 0 Å². The molecule has 0 saturated heterocycles. The Kier molecular flexibility index (Phi) is 6.90. The first-order valence-corrected chi connectivity index (χ1v) is 15.5. The number of nitrogens with zero attached hydrogens (tertiary/aromatic N) is 1. The van der Waals surface area contributed by atoms with Crippen molar-refractivity contribution in [1.82, 2.24) is 0 Å². The second-order valence-corrected chi connectivity index (χ2v) is 11.3. The first kappa shape index (κ1) is 26.7. The summed E-state index contributed by atoms with van der Waals surface area (Å²) in [7, 11) is 0. The third kappa shape index (κ3) is 4.95. The van der Waals surface area contributed by atoms with Gasteiger partial charge in [-0.05, 0) is 91.3 Å². The number of anilines is 3. The van der Waals surface area contributed by atoms with Crippen LogP contribution in [-0.2, 0) is 0 Å². The van der Waals surface area contributed by atoms with Crippen LogP contribution in [0.5, 0.6) is 0 Å². The molecule has 0 aromatic heterocycles. The number of benzene rings is 8. The summed E-state index contributed by atoms with van der Waals surface area (Å²) >= 11 is 0. The normalized spacial score (nSPS) is 11.1. The second kappa shape index (κ2) is 11.6. The molecule has 8 rings (SSSR count). The lowest BCUT2D eigenvalue weighted by Gasteiger charge is -2.26. The van der Waals surface area contributed by atoms with Crippen LogP contribution in [-0.4, -0.2) is 0 Å². The van der Waals surface area contributed by atoms with Crippen LogP contribution in [0.3, 0.4) is 0 Å². The lowest BCUT2D eigenvalue weighted by atomic mass is 9.85. The SMILES string of the molecule is c1ccc(-c2ccc(N(c3ccccc3)c3ccc(-c4c(-c5ccccc5)c5ccccc5c5ccccc45)cc3)cc2)cc1. The molecule has 0 aliphatic carbocycles. The molecule has 0 aliphatic rings. The predicted octanol–water partition coefficient (Wildman–Crippen LogP) is 12.5. The average molecular weight is 574 g/mol. The number of para-hydroxylation sites is 1. The molecule has 0 N–H and O–H groups in total. The molecule has 8 aromatic carbocycles. The lowest BCUT2D eigenvalue weighted by Crippen LogP contribution is -2.09. The van der Waals surface area contributed by atoms with Crippen LogP contribution in [0.25, 0.3) is 54.9 Å². The zero-order chi connectivity index (χ0) is 30.0. The van der Waals surface area contributed by atoms with Crippen LogP contribution < -0.4 is 4.90 Å². The van der Waals surface area contributed by atoms with Crippen molar-refractivity contribution in [3.63, 3.8) is 0 Å². The van der Waals surface area contributed by atoms with Crippen molar-refractivity contribution in [1.29, 1.82) is 0 Å². The highest BCUT2D eigenvalue weighted by Crippen LogP contribution is 2.45. The molecular formula is C44H31N. The summed E-state index contributed by atoms with van der Waals surface area (Å²) in [6.07, 6.45) is 0. The van der Waals surface area contributed by atoms with Crippen LogP contribution in [0.4, 0.5) is 17.1 Å². The summed E-state index contributed by atoms with van der Waals surface area (Å²) in [6, 6.07) is 67.5. The van der Waals surface area contributed by atoms with E-state index >= 15 is 0 Å². The quantitative estimate of drug-likeness (QED) is 0.179. The molecule has 1 nitrogen and oxygen atoms in total. The van der Waals surface area contributed by atoms with Gasteiger partial charge in [-0.25, -0.2) is 0 Å². The van der Waals surface area contributed by atoms with Gasteiger partial charge in [0.2, 0.25) is 0 Å². The van der Waals surface area contributed by atoms with E-state index in [0.717, 1.165) is 17.1 Å². The van der Waals surface area contributed by atoms with Gasteiger partial charge in [0.1, 0.15) is 0 Å². The van der Waals surface area contributed by atoms with E-state index in [2.05, 4.69) is 193 Å². The Labute approximate surface area is 264 Å². The maximum Gasteiger partial charge on any atom is 0.0462 e. The summed E-state index contributed by atoms with van der Waals surface area (Å²) < 4.78 is 0. The molecule has 45 heavy (non-hydrogen) atoms. The number of fused-ring (bicyclic) bond motifs is 3. The molecule has 1 heteroatoms. The van der Waals surface area contributed by atoms with Gasteiger partial charge < -0.3 is 4.90 Å². The molecular weight excluding hydrogens is 542 g/mol. The zero-order valence-corrected chi connectivity index (χ0v) is 24.8. The Bertz CT molecular complexity index is 2220. The van der Waals surface area contributed by atoms with Crippen LogP contribution >= 0.6 is 0 Å². The van der Waals surface area contributed by atoms with E-state index in [1.54, 1.807) is 0 Å². The Balaban J connectivity index is 1.29. The van der Waals surface area contributed by atoms with Crippen LogP contribution in [0, 0.1) is 0 Å². The van der Waals surface area contributed by atoms with Crippen LogP contribution in [0.1, 0.15) is 0 Å². The molecule has 0 atom stereocenters. The van der Waals surface area contributed by atoms with Crippen LogP contribution in [0.2, 0.25) is 0 Å². The number of rotatable bonds is 6. The van der Waals surface area contributed by atoms with Gasteiger partial charge in [0.05, 0.1) is 0 Å². The molecule has 8 aromatic rings. The van der Waals surface area contributed by atoms with E-state index in [4.69, 9.17) is 0 Å². The number of hydrogen-bond acceptors (Lipinski definition) is 1. The molecule has 0 radical (unpaired) electrons. The molecule has 0 heterocycles. The highest BCUT2D eigenvalue weighted by Gasteiger charge is 2.18. The second-order valence-electron chi connectivity index (χ2n) is 11.3. The minimum Gasteiger partial charge on any atom is -0.311 e. The van der Waals surface area contributed by atoms with E-state index in [1.165, 1.54) is 54.9 Å². The van der Waals surface area contributed by atoms with Crippen molar-refractivity contribution in [2.24, 2.45) is 0 Å². The Morgan fingerprint density at radius 1 is 0.222 bits per heavy atom. The zero-order valence-electron chi connectivity index (χ0n) is 24.8. The lowest BCUT2D eigenvalue weighted by molar-refractivity contribution is 1.28. The minimum atomic E-state index is 1.11. The largest absolute Gasteiger partial charge is 0.311 e. The molecule has 0 fully saturated rings. The molecule has 0 saturated carbocycles. The van der Waals surface area contributed by atoms with Gasteiger partial charge in [-0.2, -0.15) is 0 Å². The van der Waals surface area contributed by atoms with E-state index in [0.29, 0.717) is 0 Å². The van der Waals surface area contributed by atoms with Gasteiger partial charge in [-0.1, -0.05) is 152 Å². The fraction of sp³-hybridized carbons (Fsp3) is 0. The first-order chi connectivity index (χ1) is 22.3. The van der Waals surface area contributed by atoms with E-state index in [1.807, 2.05) is 0 Å². The van der Waals surface area contributed by atoms with Crippen molar-refractivity contribution in [3.8, 4) is 33.4 Å². The standard InChI is InChI=1S/C44H31N/c1-4-14-32(15-5-1)33-24-28-37(29-25-33)45(36-18-8-3-9-19-36)38-30-26-35(27-31-38)44-42-23-13-11-21-40(42)39-20-10-12-22-41(39)43(44)34-16-6-2-7-17-34/h1-31H. The topological polar surface area (TPSA) is 3.24 Å². The summed E-state index contributed by atoms with van der Waals surface area (Å²) in [5.74, 6) is 0. The predicted molar refractivity (Wildman–Crippen MR) is 192 cm³/mol. The maximum atomic E-state index is 2.33. The van der Waals surface area contributed by atoms with Gasteiger partial charge in [-0.15, -0.1) is 0 Å². The minimum absolute atomic E-state index is 1.11. The van der Waals surface area contributed by atoms with E-state index in [9.17, 15) is 0 Å². The molecule has 0 spiro atoms. The summed E-state index contributed by atoms with van der Waals surface area (Å²) in [4.78, 5) is 2.33. The maximum absolute atomic E-state index is 2.33. The first-order valence-electron chi connectivity index (χ1n) is 15.5.